The van der Waals surface area contributed by atoms with Crippen molar-refractivity contribution in [1.29, 1.82) is 0 Å². The molecule has 3 rings (SSSR count). The van der Waals surface area contributed by atoms with Crippen LogP contribution in [0.15, 0.2) is 18.5 Å². The molecule has 2 aromatic heterocycles. The summed E-state index contributed by atoms with van der Waals surface area (Å²) in [6, 6.07) is 4.45. The molecule has 5 nitrogen and oxygen atoms in total. The van der Waals surface area contributed by atoms with E-state index in [1.165, 1.54) is 4.88 Å². The largest absolute Gasteiger partial charge is 0.304 e. The molecule has 2 aromatic rings. The Morgan fingerprint density at radius 2 is 1.91 bits per heavy atom. The van der Waals surface area contributed by atoms with Crippen molar-refractivity contribution in [3.05, 3.63) is 32.4 Å². The van der Waals surface area contributed by atoms with E-state index in [9.17, 15) is 0 Å². The minimum atomic E-state index is 0.353. The molecule has 23 heavy (non-hydrogen) atoms. The second kappa shape index (κ2) is 7.44. The van der Waals surface area contributed by atoms with Crippen LogP contribution in [0.2, 0.25) is 4.34 Å². The van der Waals surface area contributed by atoms with Crippen molar-refractivity contribution >= 4 is 35.2 Å². The molecule has 0 N–H and O–H groups in total. The normalized spacial score (nSPS) is 17.2. The highest BCUT2D eigenvalue weighted by Gasteiger charge is 2.18. The average Bonchev–Trinajstić information content (AvgIpc) is 3.08. The van der Waals surface area contributed by atoms with E-state index in [1.54, 1.807) is 11.3 Å². The number of thiophene rings is 1. The van der Waals surface area contributed by atoms with Gasteiger partial charge in [-0.2, -0.15) is 5.10 Å². The maximum absolute atomic E-state index is 6.00. The van der Waals surface area contributed by atoms with Crippen LogP contribution in [0.1, 0.15) is 24.8 Å². The van der Waals surface area contributed by atoms with Gasteiger partial charge in [-0.1, -0.05) is 11.6 Å². The molecule has 3 heterocycles. The van der Waals surface area contributed by atoms with Gasteiger partial charge in [-0.15, -0.1) is 11.3 Å². The second-order valence-corrected chi connectivity index (χ2v) is 8.32. The van der Waals surface area contributed by atoms with Gasteiger partial charge in [-0.3, -0.25) is 9.80 Å². The number of aromatic nitrogens is 3. The van der Waals surface area contributed by atoms with Crippen LogP contribution in [0.5, 0.6) is 0 Å². The van der Waals surface area contributed by atoms with Crippen molar-refractivity contribution in [3.63, 3.8) is 0 Å². The molecular formula is C15H22ClN5S2. The van der Waals surface area contributed by atoms with Gasteiger partial charge in [0.2, 0.25) is 0 Å². The number of nitrogens with zero attached hydrogens (tertiary/aromatic N) is 5. The lowest BCUT2D eigenvalue weighted by Gasteiger charge is -2.34. The van der Waals surface area contributed by atoms with Crippen LogP contribution in [0.4, 0.5) is 0 Å². The fraction of sp³-hybridized carbons (Fsp3) is 0.600. The number of hydrogen-bond acceptors (Lipinski definition) is 5. The Balaban J connectivity index is 1.52. The molecular weight excluding hydrogens is 350 g/mol. The summed E-state index contributed by atoms with van der Waals surface area (Å²) >= 11 is 13.2. The van der Waals surface area contributed by atoms with E-state index in [0.29, 0.717) is 6.04 Å². The quantitative estimate of drug-likeness (QED) is 0.752. The Kier molecular flexibility index (Phi) is 5.53. The van der Waals surface area contributed by atoms with E-state index in [1.807, 2.05) is 21.6 Å². The smallest absolute Gasteiger partial charge is 0.199 e. The lowest BCUT2D eigenvalue weighted by molar-refractivity contribution is 0.0986. The first-order valence-electron chi connectivity index (χ1n) is 7.86. The summed E-state index contributed by atoms with van der Waals surface area (Å²) in [4.78, 5) is 6.22. The van der Waals surface area contributed by atoms with Crippen LogP contribution in [0.25, 0.3) is 0 Å². The van der Waals surface area contributed by atoms with Gasteiger partial charge in [0.1, 0.15) is 6.33 Å². The highest BCUT2D eigenvalue weighted by Crippen LogP contribution is 2.23. The van der Waals surface area contributed by atoms with E-state index in [2.05, 4.69) is 34.8 Å². The summed E-state index contributed by atoms with van der Waals surface area (Å²) in [5.74, 6) is 0. The van der Waals surface area contributed by atoms with Crippen molar-refractivity contribution in [2.24, 2.45) is 0 Å². The maximum Gasteiger partial charge on any atom is 0.199 e. The van der Waals surface area contributed by atoms with Crippen molar-refractivity contribution in [2.75, 3.05) is 26.2 Å². The molecule has 0 bridgehead atoms. The summed E-state index contributed by atoms with van der Waals surface area (Å²) in [6.07, 6.45) is 1.84. The molecule has 0 unspecified atom stereocenters. The van der Waals surface area contributed by atoms with Gasteiger partial charge >= 0.3 is 0 Å². The monoisotopic (exact) mass is 371 g/mol. The van der Waals surface area contributed by atoms with Crippen LogP contribution < -0.4 is 0 Å². The molecule has 0 aliphatic carbocycles. The minimum Gasteiger partial charge on any atom is -0.304 e. The topological polar surface area (TPSA) is 29.2 Å². The molecule has 1 fully saturated rings. The first kappa shape index (κ1) is 17.1. The lowest BCUT2D eigenvalue weighted by Crippen LogP contribution is -2.46. The van der Waals surface area contributed by atoms with Gasteiger partial charge in [-0.25, -0.2) is 4.68 Å². The lowest BCUT2D eigenvalue weighted by atomic mass is 10.3. The van der Waals surface area contributed by atoms with Gasteiger partial charge in [-0.05, 0) is 38.2 Å². The zero-order valence-corrected chi connectivity index (χ0v) is 15.9. The molecule has 0 radical (unpaired) electrons. The number of piperazine rings is 1. The number of halogens is 1. The molecule has 0 aromatic carbocycles. The highest BCUT2D eigenvalue weighted by atomic mass is 35.5. The standard InChI is InChI=1S/C15H22ClN5S2/c1-12(2)20-10-17-21(15(20)22)11-19-7-5-18(6-8-19)9-13-3-4-14(16)23-13/h3-4,10,12H,5-9,11H2,1-2H3. The highest BCUT2D eigenvalue weighted by molar-refractivity contribution is 7.71. The molecule has 126 valence electrons. The van der Waals surface area contributed by atoms with Crippen LogP contribution in [0, 0.1) is 4.77 Å². The maximum atomic E-state index is 6.00. The van der Waals surface area contributed by atoms with E-state index >= 15 is 0 Å². The van der Waals surface area contributed by atoms with Crippen molar-refractivity contribution in [3.8, 4) is 0 Å². The molecule has 0 spiro atoms. The predicted molar refractivity (Wildman–Crippen MR) is 97.6 cm³/mol. The van der Waals surface area contributed by atoms with Crippen molar-refractivity contribution < 1.29 is 0 Å². The number of rotatable bonds is 5. The van der Waals surface area contributed by atoms with Crippen LogP contribution in [-0.2, 0) is 13.2 Å². The van der Waals surface area contributed by atoms with Crippen molar-refractivity contribution in [2.45, 2.75) is 33.1 Å². The van der Waals surface area contributed by atoms with E-state index in [0.717, 1.165) is 48.5 Å². The molecule has 8 heteroatoms. The predicted octanol–water partition coefficient (Wildman–Crippen LogP) is 3.49. The fourth-order valence-corrected chi connectivity index (χ4v) is 4.23. The Labute approximate surface area is 151 Å². The second-order valence-electron chi connectivity index (χ2n) is 6.16. The third-order valence-corrected chi connectivity index (χ3v) is 5.76. The molecule has 1 saturated heterocycles. The van der Waals surface area contributed by atoms with Crippen LogP contribution in [-0.4, -0.2) is 50.3 Å². The van der Waals surface area contributed by atoms with Gasteiger partial charge in [0.15, 0.2) is 4.77 Å². The summed E-state index contributed by atoms with van der Waals surface area (Å²) in [5, 5.41) is 4.43. The Bertz CT molecular complexity index is 697. The molecule has 1 aliphatic rings. The summed E-state index contributed by atoms with van der Waals surface area (Å²) in [7, 11) is 0. The van der Waals surface area contributed by atoms with Gasteiger partial charge in [0, 0.05) is 43.6 Å². The van der Waals surface area contributed by atoms with E-state index < -0.39 is 0 Å². The summed E-state index contributed by atoms with van der Waals surface area (Å²) < 4.78 is 5.63. The fourth-order valence-electron chi connectivity index (χ4n) is 2.74. The molecule has 0 amide bonds. The minimum absolute atomic E-state index is 0.353. The van der Waals surface area contributed by atoms with Gasteiger partial charge in [0.25, 0.3) is 0 Å². The molecule has 0 saturated carbocycles. The Morgan fingerprint density at radius 1 is 1.22 bits per heavy atom. The van der Waals surface area contributed by atoms with E-state index in [4.69, 9.17) is 23.8 Å². The first-order valence-corrected chi connectivity index (χ1v) is 9.46. The SMILES string of the molecule is CC(C)n1cnn(CN2CCN(Cc3ccc(Cl)s3)CC2)c1=S. The number of hydrogen-bond donors (Lipinski definition) is 0. The van der Waals surface area contributed by atoms with Crippen molar-refractivity contribution in [1.82, 2.24) is 24.1 Å². The summed E-state index contributed by atoms with van der Waals surface area (Å²) in [6.45, 7) is 10.2. The summed E-state index contributed by atoms with van der Waals surface area (Å²) in [5.41, 5.74) is 0. The van der Waals surface area contributed by atoms with Gasteiger partial charge < -0.3 is 4.57 Å². The van der Waals surface area contributed by atoms with Crippen LogP contribution >= 0.6 is 35.2 Å². The Morgan fingerprint density at radius 3 is 2.48 bits per heavy atom. The zero-order valence-electron chi connectivity index (χ0n) is 13.5. The van der Waals surface area contributed by atoms with Gasteiger partial charge in [0.05, 0.1) is 11.0 Å². The molecule has 0 atom stereocenters. The third kappa shape index (κ3) is 4.22. The average molecular weight is 372 g/mol. The van der Waals surface area contributed by atoms with Crippen LogP contribution in [0.3, 0.4) is 0 Å². The molecule has 1 aliphatic heterocycles. The Hall–Kier alpha value is -0.730. The zero-order chi connectivity index (χ0) is 16.4. The third-order valence-electron chi connectivity index (χ3n) is 4.12. The first-order chi connectivity index (χ1) is 11.0. The van der Waals surface area contributed by atoms with E-state index in [-0.39, 0.29) is 0 Å².